The lowest BCUT2D eigenvalue weighted by Gasteiger charge is -2.29. The third-order valence-electron chi connectivity index (χ3n) is 5.35. The Hall–Kier alpha value is -2.62. The highest BCUT2D eigenvalue weighted by molar-refractivity contribution is 7.10. The molecule has 0 amide bonds. The van der Waals surface area contributed by atoms with Gasteiger partial charge >= 0.3 is 5.97 Å². The van der Waals surface area contributed by atoms with Crippen molar-refractivity contribution in [2.24, 2.45) is 0 Å². The van der Waals surface area contributed by atoms with Crippen LogP contribution in [-0.4, -0.2) is 48.1 Å². The van der Waals surface area contributed by atoms with Crippen LogP contribution in [0.1, 0.15) is 33.5 Å². The summed E-state index contributed by atoms with van der Waals surface area (Å²) in [5, 5.41) is 13.5. The van der Waals surface area contributed by atoms with Crippen LogP contribution in [-0.2, 0) is 37.8 Å². The van der Waals surface area contributed by atoms with Crippen LogP contribution < -0.4 is 0 Å². The number of benzene rings is 2. The van der Waals surface area contributed by atoms with E-state index in [0.29, 0.717) is 18.2 Å². The molecule has 7 nitrogen and oxygen atoms in total. The van der Waals surface area contributed by atoms with Crippen molar-refractivity contribution >= 4 is 17.3 Å². The molecule has 0 radical (unpaired) electrons. The molecule has 0 unspecified atom stereocenters. The average Bonchev–Trinajstić information content (AvgIpc) is 3.46. The Bertz CT molecular complexity index is 1030. The molecule has 1 saturated heterocycles. The van der Waals surface area contributed by atoms with E-state index >= 15 is 0 Å². The van der Waals surface area contributed by atoms with Crippen LogP contribution in [0.3, 0.4) is 0 Å². The van der Waals surface area contributed by atoms with Crippen molar-refractivity contribution in [2.45, 2.75) is 37.9 Å². The molecule has 1 aliphatic heterocycles. The summed E-state index contributed by atoms with van der Waals surface area (Å²) in [5.74, 6) is -0.521. The lowest BCUT2D eigenvalue weighted by atomic mass is 9.97. The van der Waals surface area contributed by atoms with Crippen LogP contribution in [0.5, 0.6) is 0 Å². The van der Waals surface area contributed by atoms with E-state index in [2.05, 4.69) is 4.98 Å². The minimum Gasteiger partial charge on any atom is -0.461 e. The van der Waals surface area contributed by atoms with Gasteiger partial charge in [-0.1, -0.05) is 60.7 Å². The van der Waals surface area contributed by atoms with Crippen molar-refractivity contribution in [3.63, 3.8) is 0 Å². The molecule has 4 rings (SSSR count). The van der Waals surface area contributed by atoms with E-state index in [1.54, 1.807) is 12.3 Å². The summed E-state index contributed by atoms with van der Waals surface area (Å²) in [6.45, 7) is 2.94. The number of hydrogen-bond donors (Lipinski definition) is 1. The molecule has 174 valence electrons. The van der Waals surface area contributed by atoms with Crippen molar-refractivity contribution in [2.75, 3.05) is 19.8 Å². The maximum atomic E-state index is 12.1. The number of nitrogens with zero attached hydrogens (tertiary/aromatic N) is 1. The summed E-state index contributed by atoms with van der Waals surface area (Å²) in [4.78, 5) is 16.4. The molecular weight excluding hydrogens is 442 g/mol. The predicted molar refractivity (Wildman–Crippen MR) is 123 cm³/mol. The minimum atomic E-state index is -1.51. The van der Waals surface area contributed by atoms with E-state index in [9.17, 15) is 9.90 Å². The van der Waals surface area contributed by atoms with Gasteiger partial charge < -0.3 is 24.1 Å². The topological polar surface area (TPSA) is 87.1 Å². The summed E-state index contributed by atoms with van der Waals surface area (Å²) < 4.78 is 23.0. The van der Waals surface area contributed by atoms with Gasteiger partial charge in [0.05, 0.1) is 33.0 Å². The van der Waals surface area contributed by atoms with E-state index in [1.807, 2.05) is 60.7 Å². The van der Waals surface area contributed by atoms with Crippen molar-refractivity contribution in [3.05, 3.63) is 87.9 Å². The monoisotopic (exact) mass is 469 g/mol. The van der Waals surface area contributed by atoms with Crippen LogP contribution in [0.25, 0.3) is 0 Å². The summed E-state index contributed by atoms with van der Waals surface area (Å²) in [5.41, 5.74) is 0.676. The number of aliphatic hydroxyl groups is 1. The molecule has 0 bridgehead atoms. The van der Waals surface area contributed by atoms with Crippen LogP contribution in [0.4, 0.5) is 0 Å². The van der Waals surface area contributed by atoms with Crippen LogP contribution in [0.15, 0.2) is 66.0 Å². The van der Waals surface area contributed by atoms with E-state index < -0.39 is 23.8 Å². The van der Waals surface area contributed by atoms with Crippen molar-refractivity contribution < 1.29 is 28.8 Å². The summed E-state index contributed by atoms with van der Waals surface area (Å²) >= 11 is 1.19. The molecule has 2 heterocycles. The molecule has 1 N–H and O–H groups in total. The number of carbonyl (C=O) groups excluding carboxylic acids is 1. The molecule has 8 heteroatoms. The first kappa shape index (κ1) is 23.5. The quantitative estimate of drug-likeness (QED) is 0.453. The Kier molecular flexibility index (Phi) is 7.85. The second-order valence-corrected chi connectivity index (χ2v) is 8.61. The van der Waals surface area contributed by atoms with Gasteiger partial charge in [-0.2, -0.15) is 0 Å². The highest BCUT2D eigenvalue weighted by Gasteiger charge is 2.53. The van der Waals surface area contributed by atoms with Crippen LogP contribution in [0.2, 0.25) is 0 Å². The standard InChI is InChI=1S/C25H27NO6S/c1-2-30-23(27)20-16-33-24(26-20)25(28)17-32-21(15-29-13-18-9-5-3-6-10-18)22(25)31-14-19-11-7-4-8-12-19/h3-12,16,21-22,28H,2,13-15,17H2,1H3/t21-,22-,25-/m1/s1. The van der Waals surface area contributed by atoms with Gasteiger partial charge in [0.1, 0.15) is 17.2 Å². The van der Waals surface area contributed by atoms with E-state index in [-0.39, 0.29) is 25.5 Å². The Morgan fingerprint density at radius 2 is 1.79 bits per heavy atom. The Labute approximate surface area is 196 Å². The number of ether oxygens (including phenoxy) is 4. The fourth-order valence-corrected chi connectivity index (χ4v) is 4.58. The first-order valence-corrected chi connectivity index (χ1v) is 11.7. The van der Waals surface area contributed by atoms with Gasteiger partial charge in [0.25, 0.3) is 0 Å². The molecule has 3 aromatic rings. The zero-order valence-corrected chi connectivity index (χ0v) is 19.2. The van der Waals surface area contributed by atoms with E-state index in [4.69, 9.17) is 18.9 Å². The first-order chi connectivity index (χ1) is 16.1. The van der Waals surface area contributed by atoms with Gasteiger partial charge in [-0.25, -0.2) is 9.78 Å². The summed E-state index contributed by atoms with van der Waals surface area (Å²) in [6, 6.07) is 19.6. The Morgan fingerprint density at radius 1 is 1.12 bits per heavy atom. The molecule has 0 aliphatic carbocycles. The van der Waals surface area contributed by atoms with E-state index in [0.717, 1.165) is 11.1 Å². The molecule has 3 atom stereocenters. The van der Waals surface area contributed by atoms with Crippen molar-refractivity contribution in [3.8, 4) is 0 Å². The number of esters is 1. The van der Waals surface area contributed by atoms with Gasteiger partial charge in [-0.05, 0) is 18.1 Å². The molecule has 1 aromatic heterocycles. The van der Waals surface area contributed by atoms with Gasteiger partial charge in [-0.3, -0.25) is 0 Å². The third-order valence-corrected chi connectivity index (χ3v) is 6.36. The SMILES string of the molecule is CCOC(=O)c1csc([C@@]2(O)CO[C@H](COCc3ccccc3)[C@H]2OCc2ccccc2)n1. The number of aromatic nitrogens is 1. The second kappa shape index (κ2) is 11.0. The largest absolute Gasteiger partial charge is 0.461 e. The van der Waals surface area contributed by atoms with Gasteiger partial charge in [0.2, 0.25) is 0 Å². The summed E-state index contributed by atoms with van der Waals surface area (Å²) in [6.07, 6.45) is -1.23. The molecule has 33 heavy (non-hydrogen) atoms. The molecule has 0 spiro atoms. The molecular formula is C25H27NO6S. The van der Waals surface area contributed by atoms with Gasteiger partial charge in [0.15, 0.2) is 11.3 Å². The Balaban J connectivity index is 1.50. The number of hydrogen-bond acceptors (Lipinski definition) is 8. The fraction of sp³-hybridized carbons (Fsp3) is 0.360. The highest BCUT2D eigenvalue weighted by atomic mass is 32.1. The summed E-state index contributed by atoms with van der Waals surface area (Å²) in [7, 11) is 0. The lowest BCUT2D eigenvalue weighted by Crippen LogP contribution is -2.44. The smallest absolute Gasteiger partial charge is 0.357 e. The fourth-order valence-electron chi connectivity index (χ4n) is 3.67. The molecule has 1 aliphatic rings. The first-order valence-electron chi connectivity index (χ1n) is 10.8. The third kappa shape index (κ3) is 5.66. The maximum Gasteiger partial charge on any atom is 0.357 e. The molecule has 1 fully saturated rings. The van der Waals surface area contributed by atoms with Crippen LogP contribution in [0, 0.1) is 0 Å². The molecule has 2 aromatic carbocycles. The highest BCUT2D eigenvalue weighted by Crippen LogP contribution is 2.39. The van der Waals surface area contributed by atoms with Crippen LogP contribution >= 0.6 is 11.3 Å². The zero-order chi connectivity index (χ0) is 23.1. The number of rotatable bonds is 10. The number of thiazole rings is 1. The average molecular weight is 470 g/mol. The van der Waals surface area contributed by atoms with Gasteiger partial charge in [0, 0.05) is 5.38 Å². The Morgan fingerprint density at radius 3 is 2.45 bits per heavy atom. The predicted octanol–water partition coefficient (Wildman–Crippen LogP) is 3.71. The normalized spacial score (nSPS) is 22.4. The van der Waals surface area contributed by atoms with E-state index in [1.165, 1.54) is 11.3 Å². The zero-order valence-electron chi connectivity index (χ0n) is 18.4. The second-order valence-electron chi connectivity index (χ2n) is 7.75. The minimum absolute atomic E-state index is 0.0123. The number of carbonyl (C=O) groups is 1. The van der Waals surface area contributed by atoms with Gasteiger partial charge in [-0.15, -0.1) is 11.3 Å². The molecule has 0 saturated carbocycles. The maximum absolute atomic E-state index is 12.1. The van der Waals surface area contributed by atoms with Crippen molar-refractivity contribution in [1.29, 1.82) is 0 Å². The van der Waals surface area contributed by atoms with Crippen molar-refractivity contribution in [1.82, 2.24) is 4.98 Å². The lowest BCUT2D eigenvalue weighted by molar-refractivity contribution is -0.111.